The number of carbonyl (C=O) groups is 1. The normalized spacial score (nSPS) is 11.3. The van der Waals surface area contributed by atoms with Crippen molar-refractivity contribution in [2.24, 2.45) is 11.1 Å². The molecule has 0 saturated heterocycles. The highest BCUT2D eigenvalue weighted by atomic mass is 16.2. The smallest absolute Gasteiger partial charge is 0.229 e. The second-order valence-electron chi connectivity index (χ2n) is 4.92. The van der Waals surface area contributed by atoms with E-state index in [1.54, 1.807) is 17.3 Å². The molecular weight excluding hydrogens is 214 g/mol. The molecule has 1 rings (SSSR count). The maximum absolute atomic E-state index is 12.1. The van der Waals surface area contributed by atoms with Crippen LogP contribution in [0.3, 0.4) is 0 Å². The molecule has 0 radical (unpaired) electrons. The monoisotopic (exact) mass is 235 g/mol. The van der Waals surface area contributed by atoms with Gasteiger partial charge in [-0.05, 0) is 38.0 Å². The Labute approximate surface area is 103 Å². The first-order valence-corrected chi connectivity index (χ1v) is 5.82. The predicted octanol–water partition coefficient (Wildman–Crippen LogP) is 1.07. The zero-order chi connectivity index (χ0) is 12.9. The molecule has 1 aromatic rings. The number of pyridine rings is 1. The molecule has 0 aliphatic carbocycles. The van der Waals surface area contributed by atoms with E-state index in [2.05, 4.69) is 4.98 Å². The number of nitrogens with zero attached hydrogens (tertiary/aromatic N) is 2. The van der Waals surface area contributed by atoms with Crippen molar-refractivity contribution in [1.82, 2.24) is 9.88 Å². The average Bonchev–Trinajstić information content (AvgIpc) is 2.36. The molecule has 0 atom stereocenters. The summed E-state index contributed by atoms with van der Waals surface area (Å²) in [6, 6.07) is 3.93. The molecule has 0 aliphatic heterocycles. The summed E-state index contributed by atoms with van der Waals surface area (Å²) in [4.78, 5) is 17.8. The van der Waals surface area contributed by atoms with Gasteiger partial charge in [0.1, 0.15) is 0 Å². The van der Waals surface area contributed by atoms with Gasteiger partial charge in [-0.2, -0.15) is 0 Å². The zero-order valence-electron chi connectivity index (χ0n) is 10.8. The summed E-state index contributed by atoms with van der Waals surface area (Å²) in [5.41, 5.74) is 6.30. The van der Waals surface area contributed by atoms with Crippen molar-refractivity contribution in [3.05, 3.63) is 30.1 Å². The summed E-state index contributed by atoms with van der Waals surface area (Å²) in [6.07, 6.45) is 4.37. The minimum absolute atomic E-state index is 0.0917. The molecule has 17 heavy (non-hydrogen) atoms. The van der Waals surface area contributed by atoms with Crippen molar-refractivity contribution < 1.29 is 4.79 Å². The number of rotatable bonds is 5. The molecule has 0 aromatic carbocycles. The van der Waals surface area contributed by atoms with Crippen LogP contribution in [-0.2, 0) is 11.2 Å². The molecule has 0 spiro atoms. The molecule has 0 bridgehead atoms. The molecule has 1 aromatic heterocycles. The van der Waals surface area contributed by atoms with E-state index >= 15 is 0 Å². The second kappa shape index (κ2) is 5.77. The molecule has 0 saturated carbocycles. The lowest BCUT2D eigenvalue weighted by molar-refractivity contribution is -0.138. The molecule has 1 amide bonds. The maximum Gasteiger partial charge on any atom is 0.229 e. The van der Waals surface area contributed by atoms with Gasteiger partial charge in [0.2, 0.25) is 5.91 Å². The number of carbonyl (C=O) groups excluding carboxylic acids is 1. The van der Waals surface area contributed by atoms with Gasteiger partial charge in [-0.3, -0.25) is 9.78 Å². The predicted molar refractivity (Wildman–Crippen MR) is 68.4 cm³/mol. The average molecular weight is 235 g/mol. The lowest BCUT2D eigenvalue weighted by Crippen LogP contribution is -2.43. The van der Waals surface area contributed by atoms with Gasteiger partial charge in [-0.25, -0.2) is 0 Å². The molecule has 94 valence electrons. The largest absolute Gasteiger partial charge is 0.345 e. The summed E-state index contributed by atoms with van der Waals surface area (Å²) < 4.78 is 0. The number of likely N-dealkylation sites (N-methyl/N-ethyl adjacent to an activating group) is 1. The fourth-order valence-corrected chi connectivity index (χ4v) is 1.55. The summed E-state index contributed by atoms with van der Waals surface area (Å²) in [5.74, 6) is 0.0917. The minimum atomic E-state index is -0.479. The van der Waals surface area contributed by atoms with Crippen LogP contribution in [0.25, 0.3) is 0 Å². The Hall–Kier alpha value is -1.42. The van der Waals surface area contributed by atoms with Gasteiger partial charge in [0.15, 0.2) is 0 Å². The number of hydrogen-bond acceptors (Lipinski definition) is 3. The van der Waals surface area contributed by atoms with Gasteiger partial charge in [0.25, 0.3) is 0 Å². The van der Waals surface area contributed by atoms with Crippen LogP contribution in [0.15, 0.2) is 24.5 Å². The fourth-order valence-electron chi connectivity index (χ4n) is 1.55. The number of amides is 1. The van der Waals surface area contributed by atoms with Crippen molar-refractivity contribution in [3.8, 4) is 0 Å². The van der Waals surface area contributed by atoms with Crippen LogP contribution in [0.2, 0.25) is 0 Å². The third-order valence-corrected chi connectivity index (χ3v) is 2.92. The maximum atomic E-state index is 12.1. The Balaban J connectivity index is 2.50. The van der Waals surface area contributed by atoms with Gasteiger partial charge in [0, 0.05) is 32.5 Å². The zero-order valence-corrected chi connectivity index (χ0v) is 10.8. The highest BCUT2D eigenvalue weighted by molar-refractivity contribution is 5.81. The first-order valence-electron chi connectivity index (χ1n) is 5.82. The summed E-state index contributed by atoms with van der Waals surface area (Å²) in [7, 11) is 1.82. The van der Waals surface area contributed by atoms with Gasteiger partial charge >= 0.3 is 0 Å². The topological polar surface area (TPSA) is 59.2 Å². The Morgan fingerprint density at radius 3 is 2.53 bits per heavy atom. The van der Waals surface area contributed by atoms with Crippen LogP contribution >= 0.6 is 0 Å². The van der Waals surface area contributed by atoms with E-state index in [0.717, 1.165) is 6.42 Å². The van der Waals surface area contributed by atoms with Crippen molar-refractivity contribution in [3.63, 3.8) is 0 Å². The Bertz CT molecular complexity index is 362. The molecule has 1 heterocycles. The molecule has 4 nitrogen and oxygen atoms in total. The van der Waals surface area contributed by atoms with Crippen LogP contribution in [0.5, 0.6) is 0 Å². The van der Waals surface area contributed by atoms with Crippen LogP contribution in [0, 0.1) is 5.41 Å². The van der Waals surface area contributed by atoms with E-state index in [9.17, 15) is 4.79 Å². The summed E-state index contributed by atoms with van der Waals surface area (Å²) in [5, 5.41) is 0. The summed E-state index contributed by atoms with van der Waals surface area (Å²) >= 11 is 0. The number of hydrogen-bond donors (Lipinski definition) is 1. The standard InChI is InChI=1S/C13H21N3O/c1-13(2,10-14)12(17)16(3)9-6-11-4-7-15-8-5-11/h4-5,7-8H,6,9-10,14H2,1-3H3. The molecule has 0 unspecified atom stereocenters. The van der Waals surface area contributed by atoms with Gasteiger partial charge in [-0.15, -0.1) is 0 Å². The quantitative estimate of drug-likeness (QED) is 0.830. The summed E-state index contributed by atoms with van der Waals surface area (Å²) in [6.45, 7) is 4.81. The number of nitrogens with two attached hydrogens (primary N) is 1. The van der Waals surface area contributed by atoms with Crippen LogP contribution in [0.4, 0.5) is 0 Å². The first-order chi connectivity index (χ1) is 7.97. The Morgan fingerprint density at radius 1 is 1.41 bits per heavy atom. The highest BCUT2D eigenvalue weighted by Gasteiger charge is 2.28. The van der Waals surface area contributed by atoms with E-state index in [4.69, 9.17) is 5.73 Å². The van der Waals surface area contributed by atoms with E-state index in [-0.39, 0.29) is 5.91 Å². The van der Waals surface area contributed by atoms with E-state index in [0.29, 0.717) is 13.1 Å². The third-order valence-electron chi connectivity index (χ3n) is 2.92. The van der Waals surface area contributed by atoms with Gasteiger partial charge in [0.05, 0.1) is 5.41 Å². The van der Waals surface area contributed by atoms with Crippen LogP contribution in [0.1, 0.15) is 19.4 Å². The van der Waals surface area contributed by atoms with E-state index in [1.807, 2.05) is 33.0 Å². The van der Waals surface area contributed by atoms with E-state index < -0.39 is 5.41 Å². The van der Waals surface area contributed by atoms with Gasteiger partial charge < -0.3 is 10.6 Å². The molecule has 2 N–H and O–H groups in total. The first kappa shape index (κ1) is 13.6. The number of aromatic nitrogens is 1. The SMILES string of the molecule is CN(CCc1ccncc1)C(=O)C(C)(C)CN. The van der Waals surface area contributed by atoms with Crippen molar-refractivity contribution in [2.45, 2.75) is 20.3 Å². The van der Waals surface area contributed by atoms with Crippen molar-refractivity contribution >= 4 is 5.91 Å². The minimum Gasteiger partial charge on any atom is -0.345 e. The van der Waals surface area contributed by atoms with Crippen molar-refractivity contribution in [2.75, 3.05) is 20.1 Å². The van der Waals surface area contributed by atoms with Crippen LogP contribution in [-0.4, -0.2) is 35.9 Å². The highest BCUT2D eigenvalue weighted by Crippen LogP contribution is 2.16. The lowest BCUT2D eigenvalue weighted by atomic mass is 9.92. The molecule has 4 heteroatoms. The third kappa shape index (κ3) is 3.82. The Kier molecular flexibility index (Phi) is 4.63. The molecule has 0 fully saturated rings. The second-order valence-corrected chi connectivity index (χ2v) is 4.92. The molecular formula is C13H21N3O. The van der Waals surface area contributed by atoms with Gasteiger partial charge in [-0.1, -0.05) is 0 Å². The van der Waals surface area contributed by atoms with Crippen LogP contribution < -0.4 is 5.73 Å². The Morgan fingerprint density at radius 2 is 2.00 bits per heavy atom. The van der Waals surface area contributed by atoms with Crippen molar-refractivity contribution in [1.29, 1.82) is 0 Å². The van der Waals surface area contributed by atoms with E-state index in [1.165, 1.54) is 5.56 Å². The lowest BCUT2D eigenvalue weighted by Gasteiger charge is -2.28. The molecule has 0 aliphatic rings. The fraction of sp³-hybridized carbons (Fsp3) is 0.538.